The molecule has 0 aromatic rings. The molecule has 0 aliphatic carbocycles. The van der Waals surface area contributed by atoms with Crippen LogP contribution in [-0.2, 0) is 0 Å². The number of halogens is 3. The molecule has 0 spiro atoms. The molecule has 15 heavy (non-hydrogen) atoms. The lowest BCUT2D eigenvalue weighted by molar-refractivity contribution is -0.205. The summed E-state index contributed by atoms with van der Waals surface area (Å²) in [6, 6.07) is 0. The normalized spacial score (nSPS) is 25.2. The average Bonchev–Trinajstić information content (AvgIpc) is 2.18. The summed E-state index contributed by atoms with van der Waals surface area (Å²) in [7, 11) is 0. The summed E-state index contributed by atoms with van der Waals surface area (Å²) in [4.78, 5) is 0. The summed E-state index contributed by atoms with van der Waals surface area (Å²) in [5.74, 6) is 0.485. The van der Waals surface area contributed by atoms with Gasteiger partial charge < -0.3 is 10.4 Å². The van der Waals surface area contributed by atoms with Gasteiger partial charge in [-0.25, -0.2) is 0 Å². The van der Waals surface area contributed by atoms with Gasteiger partial charge in [0.05, 0.1) is 0 Å². The van der Waals surface area contributed by atoms with Gasteiger partial charge >= 0.3 is 6.18 Å². The maximum absolute atomic E-state index is 12.0. The van der Waals surface area contributed by atoms with Crippen molar-refractivity contribution >= 4 is 0 Å². The molecule has 0 bridgehead atoms. The van der Waals surface area contributed by atoms with Gasteiger partial charge in [0.25, 0.3) is 0 Å². The molecule has 0 aromatic carbocycles. The van der Waals surface area contributed by atoms with Crippen molar-refractivity contribution in [3.05, 3.63) is 0 Å². The fourth-order valence-electron chi connectivity index (χ4n) is 1.93. The first-order chi connectivity index (χ1) is 7.00. The van der Waals surface area contributed by atoms with Crippen LogP contribution >= 0.6 is 0 Å². The zero-order chi connectivity index (χ0) is 11.3. The maximum Gasteiger partial charge on any atom is 0.414 e. The molecule has 0 aromatic heterocycles. The van der Waals surface area contributed by atoms with Gasteiger partial charge in [-0.2, -0.15) is 13.2 Å². The van der Waals surface area contributed by atoms with E-state index in [-0.39, 0.29) is 6.42 Å². The van der Waals surface area contributed by atoms with E-state index in [1.54, 1.807) is 0 Å². The van der Waals surface area contributed by atoms with Crippen LogP contribution in [0.1, 0.15) is 32.1 Å². The van der Waals surface area contributed by atoms with E-state index in [1.807, 2.05) is 0 Å². The quantitative estimate of drug-likeness (QED) is 0.767. The molecule has 1 saturated heterocycles. The Labute approximate surface area is 87.9 Å². The molecule has 1 fully saturated rings. The van der Waals surface area contributed by atoms with Crippen LogP contribution in [-0.4, -0.2) is 30.5 Å². The minimum Gasteiger partial charge on any atom is -0.384 e. The van der Waals surface area contributed by atoms with Crippen LogP contribution in [0, 0.1) is 5.92 Å². The molecule has 1 aliphatic rings. The monoisotopic (exact) mass is 225 g/mol. The Hall–Kier alpha value is -0.290. The molecular formula is C10H18F3NO. The Morgan fingerprint density at radius 3 is 2.67 bits per heavy atom. The van der Waals surface area contributed by atoms with Gasteiger partial charge in [-0.1, -0.05) is 6.42 Å². The summed E-state index contributed by atoms with van der Waals surface area (Å²) in [6.07, 6.45) is -3.34. The van der Waals surface area contributed by atoms with Gasteiger partial charge in [-0.05, 0) is 44.7 Å². The zero-order valence-corrected chi connectivity index (χ0v) is 8.69. The van der Waals surface area contributed by atoms with Crippen LogP contribution in [0.2, 0.25) is 0 Å². The number of piperidine rings is 1. The van der Waals surface area contributed by atoms with Crippen LogP contribution in [0.5, 0.6) is 0 Å². The predicted octanol–water partition coefficient (Wildman–Crippen LogP) is 2.08. The number of hydrogen-bond acceptors (Lipinski definition) is 2. The standard InChI is InChI=1S/C10H18F3NO/c11-10(12,13)9(15)5-1-3-8-4-2-6-14-7-8/h8-9,14-15H,1-7H2. The van der Waals surface area contributed by atoms with Gasteiger partial charge in [-0.3, -0.25) is 0 Å². The topological polar surface area (TPSA) is 32.3 Å². The molecule has 1 aliphatic heterocycles. The highest BCUT2D eigenvalue weighted by molar-refractivity contribution is 4.71. The average molecular weight is 225 g/mol. The Morgan fingerprint density at radius 2 is 2.13 bits per heavy atom. The summed E-state index contributed by atoms with van der Waals surface area (Å²) in [5.41, 5.74) is 0. The van der Waals surface area contributed by atoms with Crippen LogP contribution < -0.4 is 5.32 Å². The molecule has 1 rings (SSSR count). The van der Waals surface area contributed by atoms with E-state index in [1.165, 1.54) is 0 Å². The molecule has 90 valence electrons. The van der Waals surface area contributed by atoms with Crippen molar-refractivity contribution in [2.45, 2.75) is 44.4 Å². The van der Waals surface area contributed by atoms with Crippen LogP contribution in [0.4, 0.5) is 13.2 Å². The van der Waals surface area contributed by atoms with Gasteiger partial charge in [-0.15, -0.1) is 0 Å². The number of alkyl halides is 3. The second-order valence-corrected chi connectivity index (χ2v) is 4.20. The van der Waals surface area contributed by atoms with Crippen molar-refractivity contribution in [2.24, 2.45) is 5.92 Å². The first-order valence-corrected chi connectivity index (χ1v) is 5.45. The fourth-order valence-corrected chi connectivity index (χ4v) is 1.93. The third-order valence-corrected chi connectivity index (χ3v) is 2.87. The van der Waals surface area contributed by atoms with Gasteiger partial charge in [0.1, 0.15) is 6.10 Å². The van der Waals surface area contributed by atoms with Crippen LogP contribution in [0.3, 0.4) is 0 Å². The van der Waals surface area contributed by atoms with Crippen LogP contribution in [0.25, 0.3) is 0 Å². The lowest BCUT2D eigenvalue weighted by atomic mass is 9.93. The molecule has 2 atom stereocenters. The lowest BCUT2D eigenvalue weighted by Crippen LogP contribution is -2.31. The lowest BCUT2D eigenvalue weighted by Gasteiger charge is -2.23. The third-order valence-electron chi connectivity index (χ3n) is 2.87. The van der Waals surface area contributed by atoms with Gasteiger partial charge in [0.2, 0.25) is 0 Å². The minimum atomic E-state index is -4.45. The third kappa shape index (κ3) is 4.84. The van der Waals surface area contributed by atoms with Crippen molar-refractivity contribution in [3.63, 3.8) is 0 Å². The second-order valence-electron chi connectivity index (χ2n) is 4.20. The molecule has 1 heterocycles. The Bertz CT molecular complexity index is 178. The Balaban J connectivity index is 2.10. The second kappa shape index (κ2) is 5.70. The van der Waals surface area contributed by atoms with Crippen molar-refractivity contribution in [1.29, 1.82) is 0 Å². The molecule has 5 heteroatoms. The summed E-state index contributed by atoms with van der Waals surface area (Å²) in [5, 5.41) is 12.0. The van der Waals surface area contributed by atoms with E-state index in [0.29, 0.717) is 12.3 Å². The van der Waals surface area contributed by atoms with Crippen molar-refractivity contribution in [3.8, 4) is 0 Å². The SMILES string of the molecule is OC(CCCC1CCCNC1)C(F)(F)F. The molecular weight excluding hydrogens is 207 g/mol. The first-order valence-electron chi connectivity index (χ1n) is 5.45. The molecule has 0 saturated carbocycles. The van der Waals surface area contributed by atoms with E-state index in [2.05, 4.69) is 5.32 Å². The van der Waals surface area contributed by atoms with Crippen LogP contribution in [0.15, 0.2) is 0 Å². The largest absolute Gasteiger partial charge is 0.414 e. The Kier molecular flexibility index (Phi) is 4.86. The van der Waals surface area contributed by atoms with Gasteiger partial charge in [0, 0.05) is 0 Å². The minimum absolute atomic E-state index is 0.167. The van der Waals surface area contributed by atoms with Crippen molar-refractivity contribution in [2.75, 3.05) is 13.1 Å². The summed E-state index contributed by atoms with van der Waals surface area (Å²) < 4.78 is 35.9. The van der Waals surface area contributed by atoms with Crippen molar-refractivity contribution < 1.29 is 18.3 Å². The highest BCUT2D eigenvalue weighted by Gasteiger charge is 2.37. The smallest absolute Gasteiger partial charge is 0.384 e. The number of hydrogen-bond donors (Lipinski definition) is 2. The zero-order valence-electron chi connectivity index (χ0n) is 8.69. The highest BCUT2D eigenvalue weighted by atomic mass is 19.4. The van der Waals surface area contributed by atoms with E-state index in [9.17, 15) is 13.2 Å². The molecule has 0 radical (unpaired) electrons. The fraction of sp³-hybridized carbons (Fsp3) is 1.00. The molecule has 2 nitrogen and oxygen atoms in total. The summed E-state index contributed by atoms with van der Waals surface area (Å²) >= 11 is 0. The predicted molar refractivity (Wildman–Crippen MR) is 51.5 cm³/mol. The first kappa shape index (κ1) is 12.8. The number of aliphatic hydroxyl groups is 1. The molecule has 2 N–H and O–H groups in total. The van der Waals surface area contributed by atoms with E-state index >= 15 is 0 Å². The van der Waals surface area contributed by atoms with E-state index in [0.717, 1.165) is 32.4 Å². The number of rotatable bonds is 4. The van der Waals surface area contributed by atoms with Crippen molar-refractivity contribution in [1.82, 2.24) is 5.32 Å². The number of nitrogens with one attached hydrogen (secondary N) is 1. The molecule has 0 amide bonds. The molecule has 2 unspecified atom stereocenters. The highest BCUT2D eigenvalue weighted by Crippen LogP contribution is 2.25. The Morgan fingerprint density at radius 1 is 1.40 bits per heavy atom. The maximum atomic E-state index is 12.0. The van der Waals surface area contributed by atoms with Gasteiger partial charge in [0.15, 0.2) is 0 Å². The van der Waals surface area contributed by atoms with E-state index < -0.39 is 12.3 Å². The number of aliphatic hydroxyl groups excluding tert-OH is 1. The van der Waals surface area contributed by atoms with E-state index in [4.69, 9.17) is 5.11 Å². The summed E-state index contributed by atoms with van der Waals surface area (Å²) in [6.45, 7) is 1.92.